The summed E-state index contributed by atoms with van der Waals surface area (Å²) in [5, 5.41) is 0. The highest BCUT2D eigenvalue weighted by Crippen LogP contribution is 2.21. The molecule has 22 heavy (non-hydrogen) atoms. The molecule has 0 aliphatic heterocycles. The average molecular weight is 333 g/mol. The highest BCUT2D eigenvalue weighted by molar-refractivity contribution is 6.16. The second-order valence-corrected chi connectivity index (χ2v) is 4.94. The van der Waals surface area contributed by atoms with Gasteiger partial charge in [0.15, 0.2) is 0 Å². The van der Waals surface area contributed by atoms with Crippen molar-refractivity contribution in [3.8, 4) is 0 Å². The van der Waals surface area contributed by atoms with Gasteiger partial charge in [-0.05, 0) is 25.1 Å². The second kappa shape index (κ2) is 7.02. The van der Waals surface area contributed by atoms with Crippen molar-refractivity contribution in [1.82, 2.24) is 9.55 Å². The van der Waals surface area contributed by atoms with Crippen LogP contribution < -0.4 is 0 Å². The number of ether oxygens (including phenoxy) is 2. The van der Waals surface area contributed by atoms with Gasteiger partial charge in [0.05, 0.1) is 42.2 Å². The first-order chi connectivity index (χ1) is 10.5. The lowest BCUT2D eigenvalue weighted by Gasteiger charge is -2.15. The normalized spacial score (nSPS) is 12.8. The standard InChI is InChI=1S/C14H15ClF2N2O3/c1-8(22-14(16)17)7-19-11-5-9(13(20)21-2)3-4-10(11)18-12(19)6-15/h3-5,8,14H,6-7H2,1-2H3/t8-/m0/s1. The molecule has 0 radical (unpaired) electrons. The topological polar surface area (TPSA) is 53.3 Å². The maximum Gasteiger partial charge on any atom is 0.345 e. The Hall–Kier alpha value is -1.73. The molecule has 2 rings (SSSR count). The molecule has 5 nitrogen and oxygen atoms in total. The average Bonchev–Trinajstić information content (AvgIpc) is 2.82. The van der Waals surface area contributed by atoms with E-state index >= 15 is 0 Å². The first-order valence-electron chi connectivity index (χ1n) is 6.53. The summed E-state index contributed by atoms with van der Waals surface area (Å²) < 4.78 is 35.4. The smallest absolute Gasteiger partial charge is 0.345 e. The fraction of sp³-hybridized carbons (Fsp3) is 0.429. The van der Waals surface area contributed by atoms with Crippen molar-refractivity contribution >= 4 is 28.6 Å². The van der Waals surface area contributed by atoms with Gasteiger partial charge in [0, 0.05) is 0 Å². The highest BCUT2D eigenvalue weighted by atomic mass is 35.5. The van der Waals surface area contributed by atoms with Crippen molar-refractivity contribution in [3.63, 3.8) is 0 Å². The molecule has 0 unspecified atom stereocenters. The molecule has 8 heteroatoms. The molecule has 0 saturated carbocycles. The minimum absolute atomic E-state index is 0.115. The zero-order valence-corrected chi connectivity index (χ0v) is 12.8. The van der Waals surface area contributed by atoms with Gasteiger partial charge in [-0.25, -0.2) is 9.78 Å². The molecule has 1 aromatic heterocycles. The Kier molecular flexibility index (Phi) is 5.31. The summed E-state index contributed by atoms with van der Waals surface area (Å²) >= 11 is 5.86. The highest BCUT2D eigenvalue weighted by Gasteiger charge is 2.17. The molecule has 0 fully saturated rings. The molecule has 0 aliphatic rings. The number of carbonyl (C=O) groups is 1. The van der Waals surface area contributed by atoms with Crippen LogP contribution >= 0.6 is 11.6 Å². The van der Waals surface area contributed by atoms with E-state index in [-0.39, 0.29) is 12.4 Å². The number of esters is 1. The van der Waals surface area contributed by atoms with Crippen molar-refractivity contribution in [2.75, 3.05) is 7.11 Å². The van der Waals surface area contributed by atoms with Crippen molar-refractivity contribution in [2.24, 2.45) is 0 Å². The number of methoxy groups -OCH3 is 1. The van der Waals surface area contributed by atoms with Gasteiger partial charge in [0.25, 0.3) is 0 Å². The van der Waals surface area contributed by atoms with E-state index in [1.165, 1.54) is 14.0 Å². The number of hydrogen-bond acceptors (Lipinski definition) is 4. The Morgan fingerprint density at radius 1 is 1.45 bits per heavy atom. The van der Waals surface area contributed by atoms with Crippen LogP contribution in [0.1, 0.15) is 23.1 Å². The van der Waals surface area contributed by atoms with E-state index in [9.17, 15) is 13.6 Å². The number of rotatable bonds is 6. The third kappa shape index (κ3) is 3.53. The number of halogens is 3. The molecule has 120 valence electrons. The van der Waals surface area contributed by atoms with E-state index in [0.29, 0.717) is 22.4 Å². The Bertz CT molecular complexity index is 675. The monoisotopic (exact) mass is 332 g/mol. The van der Waals surface area contributed by atoms with Crippen LogP contribution in [0.5, 0.6) is 0 Å². The van der Waals surface area contributed by atoms with E-state index in [4.69, 9.17) is 11.6 Å². The van der Waals surface area contributed by atoms with Crippen LogP contribution in [0, 0.1) is 0 Å². The van der Waals surface area contributed by atoms with Crippen molar-refractivity contribution in [3.05, 3.63) is 29.6 Å². The number of nitrogens with zero attached hydrogens (tertiary/aromatic N) is 2. The van der Waals surface area contributed by atoms with Crippen LogP contribution in [0.3, 0.4) is 0 Å². The summed E-state index contributed by atoms with van der Waals surface area (Å²) in [6, 6.07) is 4.84. The molecule has 2 aromatic rings. The first kappa shape index (κ1) is 16.6. The van der Waals surface area contributed by atoms with Gasteiger partial charge in [-0.3, -0.25) is 0 Å². The molecule has 1 heterocycles. The van der Waals surface area contributed by atoms with Crippen LogP contribution in [0.4, 0.5) is 8.78 Å². The summed E-state index contributed by atoms with van der Waals surface area (Å²) in [5.41, 5.74) is 1.58. The fourth-order valence-electron chi connectivity index (χ4n) is 2.20. The van der Waals surface area contributed by atoms with Gasteiger partial charge >= 0.3 is 12.6 Å². The maximum absolute atomic E-state index is 12.3. The molecule has 1 atom stereocenters. The van der Waals surface area contributed by atoms with Gasteiger partial charge in [-0.2, -0.15) is 8.78 Å². The van der Waals surface area contributed by atoms with E-state index in [1.54, 1.807) is 22.8 Å². The number of alkyl halides is 3. The fourth-order valence-corrected chi connectivity index (χ4v) is 2.40. The molecule has 0 aliphatic carbocycles. The van der Waals surface area contributed by atoms with Crippen molar-refractivity contribution in [2.45, 2.75) is 32.1 Å². The molecule has 0 N–H and O–H groups in total. The predicted octanol–water partition coefficient (Wildman–Crippen LogP) is 3.19. The lowest BCUT2D eigenvalue weighted by molar-refractivity contribution is -0.160. The Balaban J connectivity index is 2.42. The minimum Gasteiger partial charge on any atom is -0.465 e. The minimum atomic E-state index is -2.85. The largest absolute Gasteiger partial charge is 0.465 e. The lowest BCUT2D eigenvalue weighted by atomic mass is 10.2. The van der Waals surface area contributed by atoms with Crippen molar-refractivity contribution in [1.29, 1.82) is 0 Å². The Morgan fingerprint density at radius 3 is 2.77 bits per heavy atom. The van der Waals surface area contributed by atoms with E-state index in [1.807, 2.05) is 0 Å². The molecule has 0 saturated heterocycles. The number of aromatic nitrogens is 2. The van der Waals surface area contributed by atoms with Gasteiger partial charge in [0.2, 0.25) is 0 Å². The maximum atomic E-state index is 12.3. The molecule has 0 bridgehead atoms. The molecule has 0 amide bonds. The quantitative estimate of drug-likeness (QED) is 0.602. The third-order valence-corrected chi connectivity index (χ3v) is 3.38. The van der Waals surface area contributed by atoms with Gasteiger partial charge in [-0.1, -0.05) is 0 Å². The van der Waals surface area contributed by atoms with Crippen LogP contribution in [0.2, 0.25) is 0 Å². The summed E-state index contributed by atoms with van der Waals surface area (Å²) in [7, 11) is 1.28. The summed E-state index contributed by atoms with van der Waals surface area (Å²) in [4.78, 5) is 15.9. The SMILES string of the molecule is COC(=O)c1ccc2nc(CCl)n(C[C@H](C)OC(F)F)c2c1. The Labute approximate surface area is 130 Å². The van der Waals surface area contributed by atoms with E-state index in [2.05, 4.69) is 14.5 Å². The Morgan fingerprint density at radius 2 is 2.18 bits per heavy atom. The van der Waals surface area contributed by atoms with Gasteiger partial charge < -0.3 is 14.0 Å². The lowest BCUT2D eigenvalue weighted by Crippen LogP contribution is -2.20. The van der Waals surface area contributed by atoms with Crippen LogP contribution in [-0.4, -0.2) is 35.3 Å². The third-order valence-electron chi connectivity index (χ3n) is 3.14. The number of fused-ring (bicyclic) bond motifs is 1. The van der Waals surface area contributed by atoms with Crippen LogP contribution in [0.25, 0.3) is 11.0 Å². The van der Waals surface area contributed by atoms with Crippen molar-refractivity contribution < 1.29 is 23.0 Å². The van der Waals surface area contributed by atoms with Gasteiger partial charge in [0.1, 0.15) is 5.82 Å². The van der Waals surface area contributed by atoms with Crippen LogP contribution in [-0.2, 0) is 21.9 Å². The number of hydrogen-bond donors (Lipinski definition) is 0. The van der Waals surface area contributed by atoms with E-state index in [0.717, 1.165) is 0 Å². The number of benzene rings is 1. The van der Waals surface area contributed by atoms with Gasteiger partial charge in [-0.15, -0.1) is 11.6 Å². The molecule has 1 aromatic carbocycles. The molecule has 0 spiro atoms. The summed E-state index contributed by atoms with van der Waals surface area (Å²) in [6.45, 7) is -1.18. The summed E-state index contributed by atoms with van der Waals surface area (Å²) in [5.74, 6) is 0.145. The zero-order valence-electron chi connectivity index (χ0n) is 12.1. The first-order valence-corrected chi connectivity index (χ1v) is 7.06. The zero-order chi connectivity index (χ0) is 16.3. The number of imidazole rings is 1. The second-order valence-electron chi connectivity index (χ2n) is 4.67. The molecular weight excluding hydrogens is 318 g/mol. The number of carbonyl (C=O) groups excluding carboxylic acids is 1. The molecular formula is C14H15ClF2N2O3. The predicted molar refractivity (Wildman–Crippen MR) is 77.2 cm³/mol. The summed E-state index contributed by atoms with van der Waals surface area (Å²) in [6.07, 6.45) is -0.735. The van der Waals surface area contributed by atoms with Crippen LogP contribution in [0.15, 0.2) is 18.2 Å². The van der Waals surface area contributed by atoms with E-state index < -0.39 is 18.7 Å².